The lowest BCUT2D eigenvalue weighted by molar-refractivity contribution is -0.174. The average Bonchev–Trinajstić information content (AvgIpc) is 3.14. The molecule has 0 saturated heterocycles. The van der Waals surface area contributed by atoms with E-state index in [9.17, 15) is 44.4 Å². The summed E-state index contributed by atoms with van der Waals surface area (Å²) >= 11 is 0. The summed E-state index contributed by atoms with van der Waals surface area (Å²) in [5.74, 6) is 1.79. The molecule has 54 heavy (non-hydrogen) atoms. The first-order chi connectivity index (χ1) is 25.3. The number of alkyl halides is 3. The number of nitrogens with two attached hydrogens (primary N) is 1. The summed E-state index contributed by atoms with van der Waals surface area (Å²) in [5.41, 5.74) is 6.83. The third-order valence-corrected chi connectivity index (χ3v) is 9.35. The van der Waals surface area contributed by atoms with Gasteiger partial charge in [-0.05, 0) is 48.5 Å². The molecule has 0 bridgehead atoms. The number of benzene rings is 2. The Kier molecular flexibility index (Phi) is 14.3. The van der Waals surface area contributed by atoms with Gasteiger partial charge in [-0.2, -0.15) is 13.2 Å². The SMILES string of the molecule is COc1cc(C(=O)NN)ccc1CN(c1cccnc1)S(C)(=O)=O.COc1cc(C(=O)NNC(=O)C(F)(F)F)ccc1CN(c1cccnc1)S(C)(=O)=O. The van der Waals surface area contributed by atoms with Crippen LogP contribution in [0.1, 0.15) is 31.8 Å². The molecule has 0 fully saturated rings. The van der Waals surface area contributed by atoms with Crippen LogP contribution in [-0.4, -0.2) is 77.4 Å². The summed E-state index contributed by atoms with van der Waals surface area (Å²) in [6.45, 7) is -0.112. The maximum Gasteiger partial charge on any atom is 0.472 e. The molecule has 2 aromatic carbocycles. The molecule has 0 aliphatic heterocycles. The summed E-state index contributed by atoms with van der Waals surface area (Å²) in [4.78, 5) is 42.2. The van der Waals surface area contributed by atoms with Crippen LogP contribution in [0.15, 0.2) is 85.5 Å². The smallest absolute Gasteiger partial charge is 0.472 e. The number of nitrogens with zero attached hydrogens (tertiary/aromatic N) is 4. The zero-order chi connectivity index (χ0) is 40.3. The molecule has 3 amide bonds. The van der Waals surface area contributed by atoms with Gasteiger partial charge in [0.05, 0.1) is 63.6 Å². The molecule has 5 N–H and O–H groups in total. The number of hydrogen-bond acceptors (Lipinski definition) is 12. The molecular weight excluding hydrogens is 762 g/mol. The Bertz CT molecular complexity index is 2160. The van der Waals surface area contributed by atoms with Gasteiger partial charge in [0.1, 0.15) is 11.5 Å². The zero-order valence-electron chi connectivity index (χ0n) is 29.0. The Morgan fingerprint density at radius 2 is 1.15 bits per heavy atom. The number of hydrazine groups is 2. The predicted octanol–water partition coefficient (Wildman–Crippen LogP) is 2.04. The molecule has 0 aliphatic carbocycles. The fourth-order valence-corrected chi connectivity index (χ4v) is 6.21. The van der Waals surface area contributed by atoms with Crippen LogP contribution in [-0.2, 0) is 37.9 Å². The van der Waals surface area contributed by atoms with Gasteiger partial charge in [0.2, 0.25) is 20.0 Å². The highest BCUT2D eigenvalue weighted by Gasteiger charge is 2.39. The standard InChI is InChI=1S/C17H17F3N4O5S.C15H18N4O4S/c1-29-14-8-11(15(25)22-23-16(26)17(18,19)20)5-6-12(14)10-24(30(2,27)28)13-4-3-7-21-9-13;1-23-14-8-11(15(20)18-16)5-6-12(14)10-19(24(2,21)22)13-4-3-7-17-9-13/h3-9H,10H2,1-2H3,(H,22,25)(H,23,26);3-9H,10,16H2,1-2H3,(H,18,20). The molecule has 0 unspecified atom stereocenters. The lowest BCUT2D eigenvalue weighted by Gasteiger charge is -2.23. The van der Waals surface area contributed by atoms with Crippen LogP contribution in [0.5, 0.6) is 11.5 Å². The summed E-state index contributed by atoms with van der Waals surface area (Å²) in [6.07, 6.45) is 2.83. The Labute approximate surface area is 308 Å². The van der Waals surface area contributed by atoms with Gasteiger partial charge in [0.15, 0.2) is 0 Å². The fourth-order valence-electron chi connectivity index (χ4n) is 4.48. The minimum absolute atomic E-state index is 0.0399. The van der Waals surface area contributed by atoms with Crippen molar-refractivity contribution in [1.82, 2.24) is 26.2 Å². The number of carbonyl (C=O) groups excluding carboxylic acids is 3. The first-order valence-electron chi connectivity index (χ1n) is 15.1. The largest absolute Gasteiger partial charge is 0.496 e. The summed E-state index contributed by atoms with van der Waals surface area (Å²) in [5, 5.41) is 0. The number of nitrogens with one attached hydrogen (secondary N) is 3. The average molecular weight is 797 g/mol. The van der Waals surface area contributed by atoms with E-state index in [1.54, 1.807) is 48.0 Å². The van der Waals surface area contributed by atoms with Gasteiger partial charge in [0.25, 0.3) is 11.8 Å². The highest BCUT2D eigenvalue weighted by molar-refractivity contribution is 7.92. The topological polar surface area (TPSA) is 232 Å². The second-order valence-corrected chi connectivity index (χ2v) is 14.7. The molecule has 2 heterocycles. The van der Waals surface area contributed by atoms with Gasteiger partial charge >= 0.3 is 12.1 Å². The van der Waals surface area contributed by atoms with Crippen molar-refractivity contribution in [2.45, 2.75) is 19.3 Å². The first kappa shape index (κ1) is 42.4. The predicted molar refractivity (Wildman–Crippen MR) is 190 cm³/mol. The van der Waals surface area contributed by atoms with Gasteiger partial charge in [-0.25, -0.2) is 22.7 Å². The van der Waals surface area contributed by atoms with E-state index in [0.717, 1.165) is 16.8 Å². The van der Waals surface area contributed by atoms with Crippen molar-refractivity contribution in [1.29, 1.82) is 0 Å². The number of aromatic nitrogens is 2. The minimum atomic E-state index is -5.16. The molecule has 0 atom stereocenters. The fraction of sp³-hybridized carbons (Fsp3) is 0.219. The number of ether oxygens (including phenoxy) is 2. The van der Waals surface area contributed by atoms with Crippen molar-refractivity contribution in [3.63, 3.8) is 0 Å². The Morgan fingerprint density at radius 1 is 0.722 bits per heavy atom. The molecule has 0 saturated carbocycles. The van der Waals surface area contributed by atoms with Crippen molar-refractivity contribution < 1.29 is 53.9 Å². The van der Waals surface area contributed by atoms with Crippen LogP contribution in [0.3, 0.4) is 0 Å². The molecule has 2 aromatic heterocycles. The maximum atomic E-state index is 12.2. The van der Waals surface area contributed by atoms with Crippen LogP contribution >= 0.6 is 0 Å². The van der Waals surface area contributed by atoms with E-state index >= 15 is 0 Å². The molecule has 4 aromatic rings. The van der Waals surface area contributed by atoms with Crippen molar-refractivity contribution >= 4 is 49.1 Å². The number of methoxy groups -OCH3 is 2. The summed E-state index contributed by atoms with van der Waals surface area (Å²) in [6, 6.07) is 14.9. The van der Waals surface area contributed by atoms with E-state index in [2.05, 4.69) is 9.97 Å². The number of nitrogen functional groups attached to an aromatic ring is 1. The molecule has 4 rings (SSSR count). The monoisotopic (exact) mass is 796 g/mol. The number of carbonyl (C=O) groups is 3. The normalized spacial score (nSPS) is 11.3. The molecule has 290 valence electrons. The van der Waals surface area contributed by atoms with E-state index in [-0.39, 0.29) is 24.4 Å². The van der Waals surface area contributed by atoms with Crippen molar-refractivity contribution in [3.05, 3.63) is 108 Å². The molecule has 0 radical (unpaired) electrons. The van der Waals surface area contributed by atoms with Crippen LogP contribution < -0.4 is 40.2 Å². The zero-order valence-corrected chi connectivity index (χ0v) is 30.6. The lowest BCUT2D eigenvalue weighted by Crippen LogP contribution is -2.47. The van der Waals surface area contributed by atoms with Crippen LogP contribution in [0, 0.1) is 0 Å². The van der Waals surface area contributed by atoms with Crippen LogP contribution in [0.25, 0.3) is 0 Å². The van der Waals surface area contributed by atoms with Crippen LogP contribution in [0.2, 0.25) is 0 Å². The van der Waals surface area contributed by atoms with Crippen molar-refractivity contribution in [3.8, 4) is 11.5 Å². The lowest BCUT2D eigenvalue weighted by atomic mass is 10.1. The number of anilines is 2. The first-order valence-corrected chi connectivity index (χ1v) is 18.8. The van der Waals surface area contributed by atoms with Gasteiger partial charge in [-0.15, -0.1) is 0 Å². The van der Waals surface area contributed by atoms with Gasteiger partial charge in [0, 0.05) is 34.6 Å². The third kappa shape index (κ3) is 11.8. The van der Waals surface area contributed by atoms with Crippen molar-refractivity contribution in [2.24, 2.45) is 5.84 Å². The van der Waals surface area contributed by atoms with E-state index < -0.39 is 43.9 Å². The van der Waals surface area contributed by atoms with Crippen LogP contribution in [0.4, 0.5) is 24.5 Å². The molecule has 0 aliphatic rings. The van der Waals surface area contributed by atoms with E-state index in [4.69, 9.17) is 15.3 Å². The van der Waals surface area contributed by atoms with Gasteiger partial charge < -0.3 is 9.47 Å². The number of pyridine rings is 2. The number of amides is 3. The third-order valence-electron chi connectivity index (χ3n) is 7.07. The van der Waals surface area contributed by atoms with E-state index in [0.29, 0.717) is 33.8 Å². The second kappa shape index (κ2) is 18.2. The van der Waals surface area contributed by atoms with Crippen molar-refractivity contribution in [2.75, 3.05) is 35.3 Å². The summed E-state index contributed by atoms with van der Waals surface area (Å²) in [7, 11) is -4.51. The van der Waals surface area contributed by atoms with Gasteiger partial charge in [-0.3, -0.25) is 49.2 Å². The maximum absolute atomic E-state index is 12.2. The highest BCUT2D eigenvalue weighted by atomic mass is 32.2. The Morgan fingerprint density at radius 3 is 1.48 bits per heavy atom. The van der Waals surface area contributed by atoms with E-state index in [1.807, 2.05) is 5.43 Å². The van der Waals surface area contributed by atoms with E-state index in [1.165, 1.54) is 66.8 Å². The second-order valence-electron chi connectivity index (χ2n) is 10.9. The molecule has 17 nitrogen and oxygen atoms in total. The number of sulfonamides is 2. The Hall–Kier alpha value is -6.00. The molecular formula is C32H35F3N8O9S2. The number of rotatable bonds is 12. The number of halogens is 3. The Balaban J connectivity index is 0.000000297. The molecule has 22 heteroatoms. The quantitative estimate of drug-likeness (QED) is 0.0917. The molecule has 0 spiro atoms. The minimum Gasteiger partial charge on any atom is -0.496 e. The highest BCUT2D eigenvalue weighted by Crippen LogP contribution is 2.27. The summed E-state index contributed by atoms with van der Waals surface area (Å²) < 4.78 is 98.0. The number of hydrogen-bond donors (Lipinski definition) is 4. The van der Waals surface area contributed by atoms with Gasteiger partial charge in [-0.1, -0.05) is 12.1 Å².